The van der Waals surface area contributed by atoms with Gasteiger partial charge in [0.2, 0.25) is 0 Å². The minimum absolute atomic E-state index is 0.287. The normalized spacial score (nSPS) is 28.8. The highest BCUT2D eigenvalue weighted by Gasteiger charge is 2.47. The number of aliphatic hydroxyl groups is 1. The van der Waals surface area contributed by atoms with E-state index >= 15 is 0 Å². The van der Waals surface area contributed by atoms with Crippen LogP contribution in [0.4, 0.5) is 0 Å². The number of aliphatic carboxylic acids is 1. The zero-order chi connectivity index (χ0) is 31.6. The summed E-state index contributed by atoms with van der Waals surface area (Å²) >= 11 is 0. The second-order valence-electron chi connectivity index (χ2n) is 14.3. The molecule has 5 nitrogen and oxygen atoms in total. The molecule has 2 bridgehead atoms. The number of benzene rings is 2. The molecule has 3 aliphatic rings. The Morgan fingerprint density at radius 2 is 1.73 bits per heavy atom. The van der Waals surface area contributed by atoms with E-state index in [9.17, 15) is 20.1 Å². The molecule has 0 saturated heterocycles. The maximum Gasteiger partial charge on any atom is 0.307 e. The van der Waals surface area contributed by atoms with Crippen molar-refractivity contribution in [1.82, 2.24) is 0 Å². The summed E-state index contributed by atoms with van der Waals surface area (Å²) in [5.74, 6) is 0.402. The number of nitrogens with two attached hydrogens (primary N) is 1. The van der Waals surface area contributed by atoms with Crippen molar-refractivity contribution in [1.29, 1.82) is 0 Å². The van der Waals surface area contributed by atoms with Gasteiger partial charge in [0.1, 0.15) is 5.75 Å². The molecule has 5 rings (SSSR count). The number of unbranched alkanes of at least 4 members (excludes halogenated alkanes) is 3. The smallest absolute Gasteiger partial charge is 0.307 e. The van der Waals surface area contributed by atoms with Gasteiger partial charge in [-0.25, -0.2) is 0 Å². The monoisotopic (exact) mass is 613 g/mol. The molecule has 2 aromatic carbocycles. The van der Waals surface area contributed by atoms with E-state index in [0.717, 1.165) is 63.0 Å². The number of carboxylic acid groups (broad SMARTS) is 1. The highest BCUT2D eigenvalue weighted by atomic mass is 16.4. The first-order valence-electron chi connectivity index (χ1n) is 17.7. The molecule has 5 N–H and O–H groups in total. The van der Waals surface area contributed by atoms with Crippen LogP contribution in [0.25, 0.3) is 0 Å². The number of phenolic OH excluding ortho intramolecular Hbond substituents is 1. The van der Waals surface area contributed by atoms with E-state index in [1.165, 1.54) is 56.1 Å². The first kappa shape index (κ1) is 33.5. The first-order chi connectivity index (χ1) is 21.9. The van der Waals surface area contributed by atoms with Gasteiger partial charge in [0.25, 0.3) is 0 Å². The average Bonchev–Trinajstić information content (AvgIpc) is 3.48. The molecule has 0 aromatic heterocycles. The number of aliphatic hydroxyl groups excluding tert-OH is 1. The Balaban J connectivity index is 1.34. The molecule has 1 fully saturated rings. The van der Waals surface area contributed by atoms with Crippen molar-refractivity contribution in [2.45, 2.75) is 120 Å². The lowest BCUT2D eigenvalue weighted by molar-refractivity contribution is -0.145. The Kier molecular flexibility index (Phi) is 12.0. The van der Waals surface area contributed by atoms with E-state index in [4.69, 9.17) is 5.73 Å². The van der Waals surface area contributed by atoms with Crippen molar-refractivity contribution < 1.29 is 20.1 Å². The third-order valence-electron chi connectivity index (χ3n) is 11.2. The summed E-state index contributed by atoms with van der Waals surface area (Å²) in [7, 11) is 0. The van der Waals surface area contributed by atoms with Crippen LogP contribution < -0.4 is 5.73 Å². The number of allylic oxidation sites excluding steroid dienone is 3. The molecule has 2 aromatic rings. The van der Waals surface area contributed by atoms with Gasteiger partial charge in [0.15, 0.2) is 0 Å². The number of aromatic hydroxyl groups is 1. The van der Waals surface area contributed by atoms with E-state index in [1.54, 1.807) is 17.7 Å². The SMILES string of the molecule is NCCC1=C[C@H](CCCCCC[C@@H]2CC=CC[C@@H](C(=O)O)[C@]3(CCC[C@@H](O)C3)c3cccc(c3)C[C@H]2c2ccc(O)cc2)CC1. The summed E-state index contributed by atoms with van der Waals surface area (Å²) < 4.78 is 0. The predicted octanol–water partition coefficient (Wildman–Crippen LogP) is 8.58. The average molecular weight is 614 g/mol. The van der Waals surface area contributed by atoms with Gasteiger partial charge in [-0.05, 0) is 130 Å². The zero-order valence-corrected chi connectivity index (χ0v) is 27.1. The Morgan fingerprint density at radius 1 is 0.956 bits per heavy atom. The molecule has 1 spiro atoms. The summed E-state index contributed by atoms with van der Waals surface area (Å²) in [4.78, 5) is 12.8. The van der Waals surface area contributed by atoms with Crippen molar-refractivity contribution in [2.75, 3.05) is 6.54 Å². The molecule has 45 heavy (non-hydrogen) atoms. The quantitative estimate of drug-likeness (QED) is 0.150. The molecule has 0 heterocycles. The van der Waals surface area contributed by atoms with Gasteiger partial charge in [-0.3, -0.25) is 4.79 Å². The van der Waals surface area contributed by atoms with Gasteiger partial charge in [0.05, 0.1) is 12.0 Å². The van der Waals surface area contributed by atoms with Crippen LogP contribution in [0.3, 0.4) is 0 Å². The van der Waals surface area contributed by atoms with Gasteiger partial charge in [0, 0.05) is 5.41 Å². The molecular weight excluding hydrogens is 558 g/mol. The number of rotatable bonds is 11. The molecule has 1 saturated carbocycles. The first-order valence-corrected chi connectivity index (χ1v) is 17.7. The second kappa shape index (κ2) is 16.1. The van der Waals surface area contributed by atoms with E-state index in [-0.39, 0.29) is 11.7 Å². The number of hydrogen-bond donors (Lipinski definition) is 4. The van der Waals surface area contributed by atoms with Crippen molar-refractivity contribution >= 4 is 5.97 Å². The molecule has 0 aliphatic heterocycles. The van der Waals surface area contributed by atoms with Gasteiger partial charge in [-0.2, -0.15) is 0 Å². The maximum absolute atomic E-state index is 12.8. The zero-order valence-electron chi connectivity index (χ0n) is 27.1. The Labute approximate surface area is 270 Å². The van der Waals surface area contributed by atoms with Crippen LogP contribution in [-0.2, 0) is 16.6 Å². The van der Waals surface area contributed by atoms with Crippen molar-refractivity contribution in [2.24, 2.45) is 23.5 Å². The molecule has 244 valence electrons. The molecule has 0 unspecified atom stereocenters. The van der Waals surface area contributed by atoms with Crippen molar-refractivity contribution in [3.8, 4) is 5.75 Å². The molecule has 5 heteroatoms. The van der Waals surface area contributed by atoms with Crippen molar-refractivity contribution in [3.63, 3.8) is 0 Å². The number of carbonyl (C=O) groups is 1. The molecule has 0 amide bonds. The van der Waals surface area contributed by atoms with Gasteiger partial charge < -0.3 is 21.1 Å². The maximum atomic E-state index is 12.8. The molecular formula is C40H55NO4. The van der Waals surface area contributed by atoms with Crippen LogP contribution in [0.5, 0.6) is 5.75 Å². The Hall–Kier alpha value is -2.89. The summed E-state index contributed by atoms with van der Waals surface area (Å²) in [5.41, 5.74) is 10.3. The number of carboxylic acids is 1. The summed E-state index contributed by atoms with van der Waals surface area (Å²) in [6.45, 7) is 0.760. The standard InChI is InChI=1S/C40H55NO4/c41-24-22-30-17-16-29(25-30)9-3-1-2-4-11-32-12-5-6-15-38(39(44)45)40(23-8-14-36(43)28-40)34-13-7-10-31(26-34)27-37(32)33-18-20-35(42)21-19-33/h5-7,10,13,18-21,25-26,29,32,36-38,42-43H,1-4,8-9,11-12,14-17,22-24,27-28,41H2,(H,44,45)/t29-,32-,36-,37-,38+,40+/m1/s1. The van der Waals surface area contributed by atoms with Crippen LogP contribution in [-0.4, -0.2) is 33.9 Å². The fraction of sp³-hybridized carbons (Fsp3) is 0.575. The minimum Gasteiger partial charge on any atom is -0.508 e. The number of fused-ring (bicyclic) bond motifs is 3. The summed E-state index contributed by atoms with van der Waals surface area (Å²) in [5, 5.41) is 31.3. The molecule has 6 atom stereocenters. The molecule has 3 aliphatic carbocycles. The van der Waals surface area contributed by atoms with E-state index < -0.39 is 23.4 Å². The van der Waals surface area contributed by atoms with Crippen LogP contribution in [0.15, 0.2) is 72.3 Å². The lowest BCUT2D eigenvalue weighted by Crippen LogP contribution is -2.45. The van der Waals surface area contributed by atoms with E-state index in [1.807, 2.05) is 0 Å². The third kappa shape index (κ3) is 8.68. The minimum atomic E-state index is -0.765. The Bertz CT molecular complexity index is 1300. The van der Waals surface area contributed by atoms with Gasteiger partial charge in [-0.15, -0.1) is 0 Å². The summed E-state index contributed by atoms with van der Waals surface area (Å²) in [6.07, 6.45) is 22.4. The van der Waals surface area contributed by atoms with Gasteiger partial charge >= 0.3 is 5.97 Å². The fourth-order valence-corrected chi connectivity index (χ4v) is 8.81. The fourth-order valence-electron chi connectivity index (χ4n) is 8.81. The largest absolute Gasteiger partial charge is 0.508 e. The lowest BCUT2D eigenvalue weighted by atomic mass is 9.60. The highest BCUT2D eigenvalue weighted by Crippen LogP contribution is 2.48. The number of hydrogen-bond acceptors (Lipinski definition) is 4. The van der Waals surface area contributed by atoms with Crippen LogP contribution in [0, 0.1) is 17.8 Å². The predicted molar refractivity (Wildman–Crippen MR) is 182 cm³/mol. The Morgan fingerprint density at radius 3 is 2.49 bits per heavy atom. The molecule has 0 radical (unpaired) electrons. The van der Waals surface area contributed by atoms with Crippen molar-refractivity contribution in [3.05, 3.63) is 89.0 Å². The van der Waals surface area contributed by atoms with E-state index in [0.29, 0.717) is 18.8 Å². The van der Waals surface area contributed by atoms with Crippen LogP contribution in [0.1, 0.15) is 119 Å². The third-order valence-corrected chi connectivity index (χ3v) is 11.2. The second-order valence-corrected chi connectivity index (χ2v) is 14.3. The van der Waals surface area contributed by atoms with Crippen LogP contribution >= 0.6 is 0 Å². The topological polar surface area (TPSA) is 104 Å². The highest BCUT2D eigenvalue weighted by molar-refractivity contribution is 5.73. The lowest BCUT2D eigenvalue weighted by Gasteiger charge is -2.44. The van der Waals surface area contributed by atoms with Crippen LogP contribution in [0.2, 0.25) is 0 Å². The van der Waals surface area contributed by atoms with E-state index in [2.05, 4.69) is 54.6 Å². The van der Waals surface area contributed by atoms with Gasteiger partial charge in [-0.1, -0.05) is 85.9 Å². The number of phenols is 1. The summed E-state index contributed by atoms with van der Waals surface area (Å²) in [6, 6.07) is 16.4.